The lowest BCUT2D eigenvalue weighted by molar-refractivity contribution is 0.0735. The van der Waals surface area contributed by atoms with Gasteiger partial charge < -0.3 is 15.2 Å². The Morgan fingerprint density at radius 2 is 1.81 bits per heavy atom. The molecule has 0 radical (unpaired) electrons. The third kappa shape index (κ3) is 3.64. The Bertz CT molecular complexity index is 1340. The quantitative estimate of drug-likeness (QED) is 0.480. The third-order valence-corrected chi connectivity index (χ3v) is 5.99. The van der Waals surface area contributed by atoms with Crippen molar-refractivity contribution in [1.29, 1.82) is 0 Å². The first-order chi connectivity index (χ1) is 15.5. The fraction of sp³-hybridized carbons (Fsp3) is 0.154. The lowest BCUT2D eigenvalue weighted by Crippen LogP contribution is -2.35. The summed E-state index contributed by atoms with van der Waals surface area (Å²) in [5, 5.41) is 3.73. The topological polar surface area (TPSA) is 65.2 Å². The minimum absolute atomic E-state index is 0.114. The molecule has 0 saturated heterocycles. The molecule has 0 spiro atoms. The van der Waals surface area contributed by atoms with E-state index in [-0.39, 0.29) is 17.6 Å². The number of aryl methyl sites for hydroxylation is 1. The van der Waals surface area contributed by atoms with Crippen LogP contribution < -0.4 is 5.32 Å². The van der Waals surface area contributed by atoms with Crippen LogP contribution in [0, 0.1) is 12.7 Å². The Morgan fingerprint density at radius 3 is 2.62 bits per heavy atom. The zero-order chi connectivity index (χ0) is 22.2. The average molecular weight is 427 g/mol. The van der Waals surface area contributed by atoms with Crippen LogP contribution >= 0.6 is 0 Å². The van der Waals surface area contributed by atoms with E-state index in [0.717, 1.165) is 27.7 Å². The van der Waals surface area contributed by atoms with Crippen LogP contribution in [0.15, 0.2) is 66.7 Å². The van der Waals surface area contributed by atoms with E-state index >= 15 is 0 Å². The van der Waals surface area contributed by atoms with Crippen molar-refractivity contribution in [1.82, 2.24) is 9.88 Å². The molecule has 160 valence electrons. The Kier molecular flexibility index (Phi) is 4.98. The molecular weight excluding hydrogens is 405 g/mol. The van der Waals surface area contributed by atoms with Crippen LogP contribution in [-0.4, -0.2) is 28.2 Å². The SMILES string of the molecule is Cc1ccc(C(=O)N2CCc3[nH]c4ccc(F)cc4c3C2)cc1NC(=O)c1ccccc1. The Hall–Kier alpha value is -3.93. The maximum Gasteiger partial charge on any atom is 0.255 e. The number of nitrogens with one attached hydrogen (secondary N) is 2. The molecule has 0 bridgehead atoms. The molecule has 0 unspecified atom stereocenters. The lowest BCUT2D eigenvalue weighted by Gasteiger charge is -2.27. The second-order valence-electron chi connectivity index (χ2n) is 8.10. The van der Waals surface area contributed by atoms with Gasteiger partial charge in [0.15, 0.2) is 0 Å². The summed E-state index contributed by atoms with van der Waals surface area (Å²) in [6.07, 6.45) is 0.681. The van der Waals surface area contributed by atoms with Gasteiger partial charge in [-0.1, -0.05) is 24.3 Å². The number of benzene rings is 3. The fourth-order valence-electron chi connectivity index (χ4n) is 4.22. The number of aromatic nitrogens is 1. The largest absolute Gasteiger partial charge is 0.358 e. The predicted octanol–water partition coefficient (Wildman–Crippen LogP) is 5.07. The van der Waals surface area contributed by atoms with Crippen molar-refractivity contribution in [3.05, 3.63) is 100 Å². The van der Waals surface area contributed by atoms with Crippen LogP contribution in [0.5, 0.6) is 0 Å². The molecule has 0 aliphatic carbocycles. The summed E-state index contributed by atoms with van der Waals surface area (Å²) in [6, 6.07) is 19.0. The molecule has 6 heteroatoms. The van der Waals surface area contributed by atoms with Gasteiger partial charge in [-0.3, -0.25) is 9.59 Å². The minimum Gasteiger partial charge on any atom is -0.358 e. The second kappa shape index (κ2) is 7.96. The molecule has 5 rings (SSSR count). The van der Waals surface area contributed by atoms with Gasteiger partial charge >= 0.3 is 0 Å². The van der Waals surface area contributed by atoms with Crippen molar-refractivity contribution < 1.29 is 14.0 Å². The zero-order valence-corrected chi connectivity index (χ0v) is 17.6. The number of carbonyl (C=O) groups excluding carboxylic acids is 2. The Morgan fingerprint density at radius 1 is 1.00 bits per heavy atom. The third-order valence-electron chi connectivity index (χ3n) is 5.99. The molecule has 32 heavy (non-hydrogen) atoms. The molecule has 1 aliphatic heterocycles. The number of H-pyrrole nitrogens is 1. The predicted molar refractivity (Wildman–Crippen MR) is 122 cm³/mol. The van der Waals surface area contributed by atoms with Crippen molar-refractivity contribution in [2.24, 2.45) is 0 Å². The number of fused-ring (bicyclic) bond motifs is 3. The molecule has 5 nitrogen and oxygen atoms in total. The molecule has 0 atom stereocenters. The molecular formula is C26H22FN3O2. The van der Waals surface area contributed by atoms with E-state index in [1.165, 1.54) is 12.1 Å². The van der Waals surface area contributed by atoms with E-state index in [1.807, 2.05) is 31.2 Å². The number of nitrogens with zero attached hydrogens (tertiary/aromatic N) is 1. The molecule has 1 aromatic heterocycles. The van der Waals surface area contributed by atoms with E-state index in [2.05, 4.69) is 10.3 Å². The molecule has 0 fully saturated rings. The summed E-state index contributed by atoms with van der Waals surface area (Å²) in [5.74, 6) is -0.626. The number of rotatable bonds is 3. The second-order valence-corrected chi connectivity index (χ2v) is 8.10. The summed E-state index contributed by atoms with van der Waals surface area (Å²) in [4.78, 5) is 31.0. The van der Waals surface area contributed by atoms with Gasteiger partial charge in [-0.25, -0.2) is 4.39 Å². The Balaban J connectivity index is 1.39. The average Bonchev–Trinajstić information content (AvgIpc) is 3.17. The molecule has 1 aliphatic rings. The normalized spacial score (nSPS) is 13.1. The van der Waals surface area contributed by atoms with Crippen LogP contribution in [0.1, 0.15) is 37.5 Å². The highest BCUT2D eigenvalue weighted by Crippen LogP contribution is 2.29. The first kappa shape index (κ1) is 20.0. The monoisotopic (exact) mass is 427 g/mol. The van der Waals surface area contributed by atoms with Crippen molar-refractivity contribution in [3.63, 3.8) is 0 Å². The molecule has 2 N–H and O–H groups in total. The number of halogens is 1. The van der Waals surface area contributed by atoms with Crippen molar-refractivity contribution in [3.8, 4) is 0 Å². The molecule has 0 saturated carbocycles. The van der Waals surface area contributed by atoms with E-state index in [0.29, 0.717) is 36.3 Å². The van der Waals surface area contributed by atoms with Gasteiger partial charge in [0.1, 0.15) is 5.82 Å². The van der Waals surface area contributed by atoms with E-state index in [9.17, 15) is 14.0 Å². The van der Waals surface area contributed by atoms with Gasteiger partial charge in [-0.2, -0.15) is 0 Å². The van der Waals surface area contributed by atoms with Gasteiger partial charge in [0.2, 0.25) is 0 Å². The maximum absolute atomic E-state index is 13.8. The van der Waals surface area contributed by atoms with E-state index in [4.69, 9.17) is 0 Å². The van der Waals surface area contributed by atoms with Crippen molar-refractivity contribution in [2.75, 3.05) is 11.9 Å². The first-order valence-electron chi connectivity index (χ1n) is 10.5. The van der Waals surface area contributed by atoms with Gasteiger partial charge in [-0.15, -0.1) is 0 Å². The molecule has 2 heterocycles. The molecule has 3 aromatic carbocycles. The molecule has 4 aromatic rings. The van der Waals surface area contributed by atoms with Gasteiger partial charge in [0.05, 0.1) is 0 Å². The smallest absolute Gasteiger partial charge is 0.255 e. The van der Waals surface area contributed by atoms with Gasteiger partial charge in [0.25, 0.3) is 11.8 Å². The van der Waals surface area contributed by atoms with Crippen LogP contribution in [0.25, 0.3) is 10.9 Å². The maximum atomic E-state index is 13.8. The highest BCUT2D eigenvalue weighted by Gasteiger charge is 2.25. The van der Waals surface area contributed by atoms with Gasteiger partial charge in [-0.05, 0) is 55.0 Å². The lowest BCUT2D eigenvalue weighted by atomic mass is 10.0. The van der Waals surface area contributed by atoms with Crippen LogP contribution in [0.4, 0.5) is 10.1 Å². The summed E-state index contributed by atoms with van der Waals surface area (Å²) >= 11 is 0. The van der Waals surface area contributed by atoms with E-state index < -0.39 is 0 Å². The zero-order valence-electron chi connectivity index (χ0n) is 17.6. The van der Waals surface area contributed by atoms with E-state index in [1.54, 1.807) is 35.2 Å². The number of hydrogen-bond acceptors (Lipinski definition) is 2. The summed E-state index contributed by atoms with van der Waals surface area (Å²) in [6.45, 7) is 2.88. The van der Waals surface area contributed by atoms with Crippen molar-refractivity contribution >= 4 is 28.4 Å². The highest BCUT2D eigenvalue weighted by atomic mass is 19.1. The van der Waals surface area contributed by atoms with Crippen molar-refractivity contribution in [2.45, 2.75) is 19.9 Å². The summed E-state index contributed by atoms with van der Waals surface area (Å²) < 4.78 is 13.8. The standard InChI is InChI=1S/C26H22FN3O2/c1-16-7-8-18(13-24(16)29-25(31)17-5-3-2-4-6-17)26(32)30-12-11-23-21(15-30)20-14-19(27)9-10-22(20)28-23/h2-10,13-14,28H,11-12,15H2,1H3,(H,29,31). The first-order valence-corrected chi connectivity index (χ1v) is 10.5. The number of aromatic amines is 1. The summed E-state index contributed by atoms with van der Waals surface area (Å²) in [5.41, 5.74) is 5.44. The number of amides is 2. The fourth-order valence-corrected chi connectivity index (χ4v) is 4.22. The summed E-state index contributed by atoms with van der Waals surface area (Å²) in [7, 11) is 0. The highest BCUT2D eigenvalue weighted by molar-refractivity contribution is 6.05. The number of anilines is 1. The van der Waals surface area contributed by atoms with Crippen LogP contribution in [-0.2, 0) is 13.0 Å². The van der Waals surface area contributed by atoms with Gasteiger partial charge in [0, 0.05) is 58.5 Å². The minimum atomic E-state index is -0.292. The number of carbonyl (C=O) groups is 2. The number of hydrogen-bond donors (Lipinski definition) is 2. The molecule has 2 amide bonds. The Labute approximate surface area is 184 Å². The van der Waals surface area contributed by atoms with Crippen LogP contribution in [0.3, 0.4) is 0 Å². The van der Waals surface area contributed by atoms with Crippen LogP contribution in [0.2, 0.25) is 0 Å².